The number of anilines is 2. The van der Waals surface area contributed by atoms with Gasteiger partial charge in [-0.2, -0.15) is 0 Å². The van der Waals surface area contributed by atoms with E-state index in [1.807, 2.05) is 29.8 Å². The topological polar surface area (TPSA) is 69.0 Å². The van der Waals surface area contributed by atoms with Crippen molar-refractivity contribution >= 4 is 39.2 Å². The number of hydrogen-bond acceptors (Lipinski definition) is 6. The quantitative estimate of drug-likeness (QED) is 0.658. The molecule has 1 aliphatic rings. The molecule has 0 fully saturated rings. The van der Waals surface area contributed by atoms with E-state index < -0.39 is 0 Å². The van der Waals surface area contributed by atoms with Crippen molar-refractivity contribution in [3.63, 3.8) is 0 Å². The molecule has 0 radical (unpaired) electrons. The lowest BCUT2D eigenvalue weighted by Gasteiger charge is -2.08. The van der Waals surface area contributed by atoms with E-state index in [0.29, 0.717) is 13.0 Å². The molecular formula is C19H22N4O2S. The van der Waals surface area contributed by atoms with Crippen molar-refractivity contribution in [3.8, 4) is 0 Å². The third-order valence-corrected chi connectivity index (χ3v) is 5.66. The van der Waals surface area contributed by atoms with Gasteiger partial charge in [0.15, 0.2) is 10.9 Å². The molecule has 1 aromatic carbocycles. The fourth-order valence-electron chi connectivity index (χ4n) is 3.14. The van der Waals surface area contributed by atoms with Gasteiger partial charge >= 0.3 is 0 Å². The van der Waals surface area contributed by atoms with Gasteiger partial charge in [0.1, 0.15) is 0 Å². The number of fused-ring (bicyclic) bond motifs is 2. The molecule has 0 bridgehead atoms. The van der Waals surface area contributed by atoms with Crippen LogP contribution in [0.1, 0.15) is 47.1 Å². The molecule has 0 spiro atoms. The van der Waals surface area contributed by atoms with Gasteiger partial charge in [0, 0.05) is 25.5 Å². The average molecular weight is 370 g/mol. The van der Waals surface area contributed by atoms with Crippen LogP contribution < -0.4 is 5.32 Å². The molecule has 136 valence electrons. The molecule has 3 aromatic rings. The molecule has 0 atom stereocenters. The standard InChI is InChI=1S/C19H22N4O2S/c1-3-4-5-16(24)12-6-7-15-14(10-12)20-18(23(15)2)22-19-21-13-8-9-25-11-17(13)26-19/h6-7,10H,3-5,8-9,11H2,1-2H3,(H,20,21,22). The number of nitrogens with zero attached hydrogens (tertiary/aromatic N) is 3. The summed E-state index contributed by atoms with van der Waals surface area (Å²) in [4.78, 5) is 22.8. The number of rotatable bonds is 6. The van der Waals surface area contributed by atoms with Crippen LogP contribution in [0.5, 0.6) is 0 Å². The lowest BCUT2D eigenvalue weighted by atomic mass is 10.1. The third-order valence-electron chi connectivity index (χ3n) is 4.67. The number of ether oxygens (including phenoxy) is 1. The first-order chi connectivity index (χ1) is 12.7. The second-order valence-corrected chi connectivity index (χ2v) is 7.62. The Labute approximate surface area is 156 Å². The van der Waals surface area contributed by atoms with Crippen LogP contribution in [0.2, 0.25) is 0 Å². The van der Waals surface area contributed by atoms with E-state index in [-0.39, 0.29) is 5.78 Å². The first-order valence-corrected chi connectivity index (χ1v) is 9.80. The Morgan fingerprint density at radius 2 is 2.27 bits per heavy atom. The fourth-order valence-corrected chi connectivity index (χ4v) is 4.08. The molecule has 0 unspecified atom stereocenters. The van der Waals surface area contributed by atoms with Gasteiger partial charge in [-0.15, -0.1) is 0 Å². The molecule has 2 aromatic heterocycles. The van der Waals surface area contributed by atoms with Crippen molar-refractivity contribution in [1.29, 1.82) is 0 Å². The Morgan fingerprint density at radius 1 is 1.38 bits per heavy atom. The molecule has 0 saturated heterocycles. The molecule has 7 heteroatoms. The zero-order valence-electron chi connectivity index (χ0n) is 15.0. The van der Waals surface area contributed by atoms with Crippen LogP contribution in [0.4, 0.5) is 11.1 Å². The number of aryl methyl sites for hydroxylation is 1. The van der Waals surface area contributed by atoms with E-state index in [2.05, 4.69) is 22.2 Å². The van der Waals surface area contributed by atoms with Crippen LogP contribution >= 0.6 is 11.3 Å². The predicted octanol–water partition coefficient (Wildman–Crippen LogP) is 4.22. The van der Waals surface area contributed by atoms with Gasteiger partial charge in [-0.3, -0.25) is 4.79 Å². The monoisotopic (exact) mass is 370 g/mol. The second-order valence-electron chi connectivity index (χ2n) is 6.54. The van der Waals surface area contributed by atoms with Crippen molar-refractivity contribution in [2.24, 2.45) is 7.05 Å². The van der Waals surface area contributed by atoms with Crippen LogP contribution in [-0.2, 0) is 24.8 Å². The molecule has 1 N–H and O–H groups in total. The second kappa shape index (κ2) is 7.17. The maximum Gasteiger partial charge on any atom is 0.209 e. The summed E-state index contributed by atoms with van der Waals surface area (Å²) in [6.45, 7) is 3.47. The average Bonchev–Trinajstić information content (AvgIpc) is 3.20. The van der Waals surface area contributed by atoms with Crippen LogP contribution in [0.25, 0.3) is 11.0 Å². The highest BCUT2D eigenvalue weighted by Gasteiger charge is 2.17. The van der Waals surface area contributed by atoms with E-state index >= 15 is 0 Å². The summed E-state index contributed by atoms with van der Waals surface area (Å²) in [6.07, 6.45) is 3.39. The van der Waals surface area contributed by atoms with Gasteiger partial charge in [0.25, 0.3) is 0 Å². The fraction of sp³-hybridized carbons (Fsp3) is 0.421. The molecule has 0 saturated carbocycles. The summed E-state index contributed by atoms with van der Waals surface area (Å²) in [5.41, 5.74) is 3.66. The molecule has 26 heavy (non-hydrogen) atoms. The van der Waals surface area contributed by atoms with E-state index in [4.69, 9.17) is 4.74 Å². The molecule has 4 rings (SSSR count). The number of Topliss-reactive ketones (excluding diaryl/α,β-unsaturated/α-hetero) is 1. The zero-order chi connectivity index (χ0) is 18.1. The Morgan fingerprint density at radius 3 is 3.08 bits per heavy atom. The SMILES string of the molecule is CCCCC(=O)c1ccc2c(c1)nc(Nc1nc3c(s1)COCC3)n2C. The van der Waals surface area contributed by atoms with Gasteiger partial charge in [-0.25, -0.2) is 9.97 Å². The van der Waals surface area contributed by atoms with E-state index in [9.17, 15) is 4.79 Å². The van der Waals surface area contributed by atoms with Crippen molar-refractivity contribution in [2.45, 2.75) is 39.2 Å². The van der Waals surface area contributed by atoms with Crippen LogP contribution in [0.3, 0.4) is 0 Å². The maximum absolute atomic E-state index is 12.3. The summed E-state index contributed by atoms with van der Waals surface area (Å²) in [7, 11) is 1.97. The van der Waals surface area contributed by atoms with Crippen molar-refractivity contribution in [2.75, 3.05) is 11.9 Å². The van der Waals surface area contributed by atoms with E-state index in [1.54, 1.807) is 11.3 Å². The number of aromatic nitrogens is 3. The van der Waals surface area contributed by atoms with Gasteiger partial charge in [-0.05, 0) is 24.6 Å². The Kier molecular flexibility index (Phi) is 4.74. The number of nitrogens with one attached hydrogen (secondary N) is 1. The number of imidazole rings is 1. The number of hydrogen-bond donors (Lipinski definition) is 1. The Balaban J connectivity index is 1.60. The number of ketones is 1. The minimum absolute atomic E-state index is 0.182. The molecule has 0 amide bonds. The van der Waals surface area contributed by atoms with E-state index in [0.717, 1.165) is 59.2 Å². The van der Waals surface area contributed by atoms with Crippen molar-refractivity contribution in [1.82, 2.24) is 14.5 Å². The Bertz CT molecular complexity index is 937. The summed E-state index contributed by atoms with van der Waals surface area (Å²) in [6, 6.07) is 5.75. The highest BCUT2D eigenvalue weighted by Crippen LogP contribution is 2.30. The Hall–Kier alpha value is -2.25. The van der Waals surface area contributed by atoms with Crippen LogP contribution in [-0.4, -0.2) is 26.9 Å². The summed E-state index contributed by atoms with van der Waals surface area (Å²) in [5.74, 6) is 0.909. The van der Waals surface area contributed by atoms with E-state index in [1.165, 1.54) is 4.88 Å². The first-order valence-electron chi connectivity index (χ1n) is 8.98. The minimum Gasteiger partial charge on any atom is -0.375 e. The highest BCUT2D eigenvalue weighted by atomic mass is 32.1. The van der Waals surface area contributed by atoms with Gasteiger partial charge < -0.3 is 14.6 Å². The molecule has 0 aliphatic carbocycles. The number of benzene rings is 1. The summed E-state index contributed by atoms with van der Waals surface area (Å²) < 4.78 is 7.48. The van der Waals surface area contributed by atoms with Gasteiger partial charge in [0.05, 0.1) is 34.8 Å². The van der Waals surface area contributed by atoms with Crippen LogP contribution in [0, 0.1) is 0 Å². The number of unbranched alkanes of at least 4 members (excludes halogenated alkanes) is 1. The molecule has 1 aliphatic heterocycles. The largest absolute Gasteiger partial charge is 0.375 e. The van der Waals surface area contributed by atoms with Gasteiger partial charge in [-0.1, -0.05) is 24.7 Å². The number of thiazole rings is 1. The number of carbonyl (C=O) groups excluding carboxylic acids is 1. The number of carbonyl (C=O) groups is 1. The lowest BCUT2D eigenvalue weighted by molar-refractivity contribution is 0.0980. The smallest absolute Gasteiger partial charge is 0.209 e. The molecule has 6 nitrogen and oxygen atoms in total. The minimum atomic E-state index is 0.182. The first kappa shape index (κ1) is 17.2. The predicted molar refractivity (Wildman–Crippen MR) is 103 cm³/mol. The summed E-state index contributed by atoms with van der Waals surface area (Å²) in [5, 5.41) is 4.15. The van der Waals surface area contributed by atoms with Crippen molar-refractivity contribution in [3.05, 3.63) is 34.3 Å². The molecule has 3 heterocycles. The van der Waals surface area contributed by atoms with Crippen LogP contribution in [0.15, 0.2) is 18.2 Å². The third kappa shape index (κ3) is 3.24. The maximum atomic E-state index is 12.3. The van der Waals surface area contributed by atoms with Crippen molar-refractivity contribution < 1.29 is 9.53 Å². The lowest BCUT2D eigenvalue weighted by Crippen LogP contribution is -2.07. The normalized spacial score (nSPS) is 13.8. The highest BCUT2D eigenvalue weighted by molar-refractivity contribution is 7.15. The molecular weight excluding hydrogens is 348 g/mol. The van der Waals surface area contributed by atoms with Gasteiger partial charge in [0.2, 0.25) is 5.95 Å². The summed E-state index contributed by atoms with van der Waals surface area (Å²) >= 11 is 1.61. The zero-order valence-corrected chi connectivity index (χ0v) is 15.9.